The summed E-state index contributed by atoms with van der Waals surface area (Å²) in [5.74, 6) is -1.94. The molecule has 2 atom stereocenters. The van der Waals surface area contributed by atoms with Crippen molar-refractivity contribution in [3.05, 3.63) is 66.3 Å². The quantitative estimate of drug-likeness (QED) is 0.224. The van der Waals surface area contributed by atoms with Crippen molar-refractivity contribution in [1.29, 1.82) is 0 Å². The van der Waals surface area contributed by atoms with Gasteiger partial charge in [0, 0.05) is 13.6 Å². The van der Waals surface area contributed by atoms with E-state index in [1.807, 2.05) is 59.8 Å². The second-order valence-corrected chi connectivity index (χ2v) is 9.71. The lowest BCUT2D eigenvalue weighted by Crippen LogP contribution is -2.52. The normalized spacial score (nSPS) is 11.2. The minimum Gasteiger partial charge on any atom is -0.480 e. The van der Waals surface area contributed by atoms with Crippen LogP contribution in [-0.2, 0) is 20.6 Å². The van der Waals surface area contributed by atoms with Crippen molar-refractivity contribution in [2.45, 2.75) is 72.7 Å². The fraction of sp³-hybridized carbons (Fsp3) is 0.483. The molecule has 0 saturated carbocycles. The second kappa shape index (κ2) is 25.1. The number of hydrogen-bond acceptors (Lipinski definition) is 4. The number of nitrogens with zero attached hydrogens (tertiary/aromatic N) is 1. The van der Waals surface area contributed by atoms with Gasteiger partial charge in [0.25, 0.3) is 0 Å². The maximum atomic E-state index is 12.6. The first-order valence-corrected chi connectivity index (χ1v) is 14.1. The van der Waals surface area contributed by atoms with Crippen LogP contribution in [0.5, 0.6) is 0 Å². The van der Waals surface area contributed by atoms with Crippen LogP contribution in [0.15, 0.2) is 60.1 Å². The Kier molecular flexibility index (Phi) is 25.9. The molecule has 0 aliphatic rings. The molecule has 1 rings (SSSR count). The Balaban J connectivity index is -0.00000126. The van der Waals surface area contributed by atoms with E-state index in [-0.39, 0.29) is 19.6 Å². The molecule has 0 fully saturated rings. The molecule has 0 aliphatic carbocycles. The molecule has 0 heterocycles. The first-order chi connectivity index (χ1) is 18.4. The Morgan fingerprint density at radius 1 is 1.05 bits per heavy atom. The van der Waals surface area contributed by atoms with Crippen molar-refractivity contribution in [2.24, 2.45) is 0 Å². The van der Waals surface area contributed by atoms with E-state index in [9.17, 15) is 23.7 Å². The van der Waals surface area contributed by atoms with Crippen LogP contribution in [0.3, 0.4) is 0 Å². The molecular formula is C29H50N4O5S. The number of carbonyl (C=O) groups is 3. The fourth-order valence-electron chi connectivity index (χ4n) is 2.44. The van der Waals surface area contributed by atoms with Crippen molar-refractivity contribution in [2.75, 3.05) is 26.7 Å². The monoisotopic (exact) mass is 566 g/mol. The fourth-order valence-corrected chi connectivity index (χ4v) is 3.61. The number of rotatable bonds is 11. The number of hydrogen-bond donors (Lipinski definition) is 4. The first kappa shape index (κ1) is 40.3. The average Bonchev–Trinajstić information content (AvgIpc) is 2.90. The number of benzene rings is 1. The number of carbonyl (C=O) groups excluding carboxylic acids is 2. The summed E-state index contributed by atoms with van der Waals surface area (Å²) < 4.78 is 13.9. The van der Waals surface area contributed by atoms with E-state index in [2.05, 4.69) is 43.0 Å². The topological polar surface area (TPSA) is 128 Å². The van der Waals surface area contributed by atoms with Crippen LogP contribution in [0.1, 0.15) is 59.1 Å². The highest BCUT2D eigenvalue weighted by atomic mass is 32.2. The summed E-state index contributed by atoms with van der Waals surface area (Å²) in [6.07, 6.45) is 6.74. The predicted octanol–water partition coefficient (Wildman–Crippen LogP) is 4.89. The lowest BCUT2D eigenvalue weighted by molar-refractivity contribution is -0.141. The summed E-state index contributed by atoms with van der Waals surface area (Å²) in [6, 6.07) is 3.53. The van der Waals surface area contributed by atoms with Crippen molar-refractivity contribution < 1.29 is 23.7 Å². The van der Waals surface area contributed by atoms with Gasteiger partial charge in [0.15, 0.2) is 0 Å². The van der Waals surface area contributed by atoms with Crippen LogP contribution in [0, 0.1) is 13.8 Å². The van der Waals surface area contributed by atoms with Gasteiger partial charge in [-0.15, -0.1) is 0 Å². The summed E-state index contributed by atoms with van der Waals surface area (Å²) in [5.41, 5.74) is 2.49. The van der Waals surface area contributed by atoms with Crippen molar-refractivity contribution in [1.82, 2.24) is 20.3 Å². The zero-order valence-corrected chi connectivity index (χ0v) is 26.0. The average molecular weight is 567 g/mol. The lowest BCUT2D eigenvalue weighted by Gasteiger charge is -2.19. The van der Waals surface area contributed by atoms with E-state index >= 15 is 0 Å². The SMILES string of the molecule is C/C=C\C.C=CC(=C)CNC(=O)NCC(NC(=O)CN(C)S(=O)c1cc(C)cc(C)c1)C(=O)O.CC.CCC. The highest BCUT2D eigenvalue weighted by Crippen LogP contribution is 2.14. The number of aliphatic carboxylic acids is 1. The molecule has 1 aromatic carbocycles. The maximum Gasteiger partial charge on any atom is 0.328 e. The molecule has 2 unspecified atom stereocenters. The summed E-state index contributed by atoms with van der Waals surface area (Å²) in [6.45, 7) is 22.7. The van der Waals surface area contributed by atoms with E-state index in [1.165, 1.54) is 23.8 Å². The number of nitrogens with one attached hydrogen (secondary N) is 3. The van der Waals surface area contributed by atoms with Crippen molar-refractivity contribution >= 4 is 28.9 Å². The molecule has 4 N–H and O–H groups in total. The Labute approximate surface area is 238 Å². The molecule has 0 aromatic heterocycles. The Morgan fingerprint density at radius 3 is 1.95 bits per heavy atom. The third-order valence-corrected chi connectivity index (χ3v) is 5.58. The molecule has 0 spiro atoms. The largest absolute Gasteiger partial charge is 0.480 e. The van der Waals surface area contributed by atoms with E-state index in [0.29, 0.717) is 10.5 Å². The third kappa shape index (κ3) is 21.4. The summed E-state index contributed by atoms with van der Waals surface area (Å²) in [7, 11) is -0.0838. The molecular weight excluding hydrogens is 516 g/mol. The van der Waals surface area contributed by atoms with Gasteiger partial charge in [-0.05, 0) is 56.5 Å². The van der Waals surface area contributed by atoms with Crippen LogP contribution in [0.2, 0.25) is 0 Å². The van der Waals surface area contributed by atoms with Gasteiger partial charge < -0.3 is 21.1 Å². The van der Waals surface area contributed by atoms with E-state index in [1.54, 1.807) is 12.1 Å². The van der Waals surface area contributed by atoms with Crippen molar-refractivity contribution in [3.8, 4) is 0 Å². The molecule has 3 amide bonds. The number of urea groups is 1. The number of aryl methyl sites for hydroxylation is 2. The standard InChI is InChI=1S/C20H28N4O5S.C4H8.C3H8.C2H6/c1-6-13(2)10-21-20(28)22-11-17(19(26)27)23-18(25)12-24(5)30(29)16-8-14(3)7-15(4)9-16;1-3-4-2;1-3-2;1-2/h6-9,17H,1-2,10-12H2,3-5H3,(H,23,25)(H,26,27)(H2,21,22,28);3-4H,1-2H3;3H2,1-2H3;1-2H3/b;4-3-;;. The molecule has 0 saturated heterocycles. The van der Waals surface area contributed by atoms with Gasteiger partial charge in [-0.1, -0.05) is 71.6 Å². The van der Waals surface area contributed by atoms with Crippen LogP contribution < -0.4 is 16.0 Å². The molecule has 0 bridgehead atoms. The lowest BCUT2D eigenvalue weighted by atomic mass is 10.2. The van der Waals surface area contributed by atoms with E-state index in [0.717, 1.165) is 11.1 Å². The maximum absolute atomic E-state index is 12.6. The Bertz CT molecular complexity index is 923. The van der Waals surface area contributed by atoms with Gasteiger partial charge in [0.05, 0.1) is 18.0 Å². The van der Waals surface area contributed by atoms with Gasteiger partial charge >= 0.3 is 12.0 Å². The molecule has 1 aromatic rings. The number of likely N-dealkylation sites (N-methyl/N-ethyl adjacent to an activating group) is 1. The highest BCUT2D eigenvalue weighted by molar-refractivity contribution is 7.82. The van der Waals surface area contributed by atoms with Crippen LogP contribution in [0.4, 0.5) is 4.79 Å². The van der Waals surface area contributed by atoms with Gasteiger partial charge in [-0.25, -0.2) is 18.1 Å². The molecule has 9 nitrogen and oxygen atoms in total. The molecule has 0 radical (unpaired) electrons. The second-order valence-electron chi connectivity index (χ2n) is 8.12. The minimum atomic E-state index is -1.59. The van der Waals surface area contributed by atoms with Gasteiger partial charge in [0.2, 0.25) is 5.91 Å². The number of carboxylic acids is 1. The molecule has 0 aliphatic heterocycles. The Morgan fingerprint density at radius 2 is 1.54 bits per heavy atom. The van der Waals surface area contributed by atoms with Gasteiger partial charge in [-0.3, -0.25) is 4.79 Å². The summed E-state index contributed by atoms with van der Waals surface area (Å²) in [4.78, 5) is 35.9. The zero-order valence-electron chi connectivity index (χ0n) is 25.2. The molecule has 222 valence electrons. The van der Waals surface area contributed by atoms with Gasteiger partial charge in [-0.2, -0.15) is 0 Å². The molecule has 39 heavy (non-hydrogen) atoms. The summed E-state index contributed by atoms with van der Waals surface area (Å²) in [5, 5.41) is 16.5. The van der Waals surface area contributed by atoms with Crippen molar-refractivity contribution in [3.63, 3.8) is 0 Å². The minimum absolute atomic E-state index is 0.161. The van der Waals surface area contributed by atoms with Crippen LogP contribution >= 0.6 is 0 Å². The number of allylic oxidation sites excluding steroid dienone is 2. The zero-order chi connectivity index (χ0) is 31.0. The first-order valence-electron chi connectivity index (χ1n) is 13.0. The predicted molar refractivity (Wildman–Crippen MR) is 163 cm³/mol. The van der Waals surface area contributed by atoms with Gasteiger partial charge in [0.1, 0.15) is 17.0 Å². The van der Waals surface area contributed by atoms with E-state index in [4.69, 9.17) is 0 Å². The third-order valence-electron chi connectivity index (χ3n) is 4.24. The Hall–Kier alpha value is -3.24. The molecule has 10 heteroatoms. The summed E-state index contributed by atoms with van der Waals surface area (Å²) >= 11 is 0. The highest BCUT2D eigenvalue weighted by Gasteiger charge is 2.23. The van der Waals surface area contributed by atoms with E-state index < -0.39 is 34.9 Å². The number of carboxylic acid groups (broad SMARTS) is 1. The van der Waals surface area contributed by atoms with Crippen LogP contribution in [-0.4, -0.2) is 64.3 Å². The number of amides is 3. The smallest absolute Gasteiger partial charge is 0.328 e. The van der Waals surface area contributed by atoms with Crippen LogP contribution in [0.25, 0.3) is 0 Å².